The van der Waals surface area contributed by atoms with Crippen LogP contribution in [-0.2, 0) is 4.79 Å². The quantitative estimate of drug-likeness (QED) is 0.701. The second-order valence-electron chi connectivity index (χ2n) is 6.01. The Morgan fingerprint density at radius 3 is 2.28 bits per heavy atom. The Morgan fingerprint density at radius 2 is 1.83 bits per heavy atom. The third-order valence-electron chi connectivity index (χ3n) is 3.52. The maximum absolute atomic E-state index is 12.3. The molecule has 0 spiro atoms. The molecular formula is C15H28N2O. The van der Waals surface area contributed by atoms with Crippen molar-refractivity contribution in [2.45, 2.75) is 34.1 Å². The van der Waals surface area contributed by atoms with Crippen molar-refractivity contribution in [3.63, 3.8) is 0 Å². The van der Waals surface area contributed by atoms with Crippen LogP contribution in [0.4, 0.5) is 0 Å². The summed E-state index contributed by atoms with van der Waals surface area (Å²) in [6.45, 7) is 16.6. The zero-order valence-corrected chi connectivity index (χ0v) is 12.4. The maximum Gasteiger partial charge on any atom is 0.236 e. The summed E-state index contributed by atoms with van der Waals surface area (Å²) in [7, 11) is 0. The standard InChI is InChI=1S/C15H28N2O/c1-6-16(8-12(2)3)11-15(18)17-9-13(4)7-14(5)10-17/h13-14H,2,6-11H2,1,3-5H3. The number of amides is 1. The van der Waals surface area contributed by atoms with E-state index >= 15 is 0 Å². The Balaban J connectivity index is 2.50. The summed E-state index contributed by atoms with van der Waals surface area (Å²) < 4.78 is 0. The van der Waals surface area contributed by atoms with Gasteiger partial charge in [-0.25, -0.2) is 0 Å². The summed E-state index contributed by atoms with van der Waals surface area (Å²) in [6, 6.07) is 0. The smallest absolute Gasteiger partial charge is 0.236 e. The first-order valence-electron chi connectivity index (χ1n) is 7.06. The Hall–Kier alpha value is -0.830. The van der Waals surface area contributed by atoms with Gasteiger partial charge in [0.05, 0.1) is 6.54 Å². The van der Waals surface area contributed by atoms with Gasteiger partial charge in [-0.2, -0.15) is 0 Å². The van der Waals surface area contributed by atoms with E-state index in [9.17, 15) is 4.79 Å². The summed E-state index contributed by atoms with van der Waals surface area (Å²) in [5, 5.41) is 0. The number of piperidine rings is 1. The van der Waals surface area contributed by atoms with E-state index in [1.54, 1.807) is 0 Å². The molecule has 0 saturated carbocycles. The largest absolute Gasteiger partial charge is 0.341 e. The molecule has 1 amide bonds. The summed E-state index contributed by atoms with van der Waals surface area (Å²) in [5.41, 5.74) is 1.12. The van der Waals surface area contributed by atoms with Crippen molar-refractivity contribution in [1.29, 1.82) is 0 Å². The van der Waals surface area contributed by atoms with Crippen molar-refractivity contribution >= 4 is 5.91 Å². The van der Waals surface area contributed by atoms with E-state index in [1.807, 2.05) is 11.8 Å². The lowest BCUT2D eigenvalue weighted by Gasteiger charge is -2.36. The van der Waals surface area contributed by atoms with Gasteiger partial charge in [0.25, 0.3) is 0 Å². The minimum atomic E-state index is 0.275. The molecular weight excluding hydrogens is 224 g/mol. The highest BCUT2D eigenvalue weighted by atomic mass is 16.2. The van der Waals surface area contributed by atoms with E-state index in [2.05, 4.69) is 32.3 Å². The van der Waals surface area contributed by atoms with Crippen LogP contribution in [0.15, 0.2) is 12.2 Å². The van der Waals surface area contributed by atoms with Gasteiger partial charge in [-0.1, -0.05) is 32.9 Å². The van der Waals surface area contributed by atoms with Crippen molar-refractivity contribution in [2.75, 3.05) is 32.7 Å². The highest BCUT2D eigenvalue weighted by Gasteiger charge is 2.25. The lowest BCUT2D eigenvalue weighted by molar-refractivity contribution is -0.135. The number of carbonyl (C=O) groups excluding carboxylic acids is 1. The van der Waals surface area contributed by atoms with Crippen LogP contribution < -0.4 is 0 Å². The molecule has 2 atom stereocenters. The predicted molar refractivity (Wildman–Crippen MR) is 76.5 cm³/mol. The van der Waals surface area contributed by atoms with Crippen molar-refractivity contribution < 1.29 is 4.79 Å². The van der Waals surface area contributed by atoms with E-state index in [-0.39, 0.29) is 5.91 Å². The van der Waals surface area contributed by atoms with E-state index in [0.29, 0.717) is 18.4 Å². The summed E-state index contributed by atoms with van der Waals surface area (Å²) in [5.74, 6) is 1.54. The number of hydrogen-bond acceptors (Lipinski definition) is 2. The van der Waals surface area contributed by atoms with Crippen molar-refractivity contribution in [3.05, 3.63) is 12.2 Å². The van der Waals surface area contributed by atoms with Gasteiger partial charge in [0, 0.05) is 19.6 Å². The van der Waals surface area contributed by atoms with Crippen LogP contribution in [-0.4, -0.2) is 48.4 Å². The molecule has 2 unspecified atom stereocenters. The van der Waals surface area contributed by atoms with Gasteiger partial charge < -0.3 is 4.90 Å². The lowest BCUT2D eigenvalue weighted by Crippen LogP contribution is -2.47. The summed E-state index contributed by atoms with van der Waals surface area (Å²) in [4.78, 5) is 16.5. The van der Waals surface area contributed by atoms with Gasteiger partial charge in [-0.3, -0.25) is 9.69 Å². The topological polar surface area (TPSA) is 23.6 Å². The highest BCUT2D eigenvalue weighted by molar-refractivity contribution is 5.78. The van der Waals surface area contributed by atoms with Crippen molar-refractivity contribution in [3.8, 4) is 0 Å². The van der Waals surface area contributed by atoms with Crippen molar-refractivity contribution in [2.24, 2.45) is 11.8 Å². The molecule has 0 aliphatic carbocycles. The molecule has 1 rings (SSSR count). The fourth-order valence-corrected chi connectivity index (χ4v) is 2.82. The molecule has 18 heavy (non-hydrogen) atoms. The minimum Gasteiger partial charge on any atom is -0.341 e. The van der Waals surface area contributed by atoms with Crippen LogP contribution >= 0.6 is 0 Å². The number of carbonyl (C=O) groups is 1. The normalized spacial score (nSPS) is 24.4. The molecule has 0 N–H and O–H groups in total. The SMILES string of the molecule is C=C(C)CN(CC)CC(=O)N1CC(C)CC(C)C1. The number of likely N-dealkylation sites (tertiary alicyclic amines) is 1. The van der Waals surface area contributed by atoms with Gasteiger partial charge >= 0.3 is 0 Å². The molecule has 1 aliphatic heterocycles. The fourth-order valence-electron chi connectivity index (χ4n) is 2.82. The number of nitrogens with zero attached hydrogens (tertiary/aromatic N) is 2. The summed E-state index contributed by atoms with van der Waals surface area (Å²) >= 11 is 0. The maximum atomic E-state index is 12.3. The predicted octanol–water partition coefficient (Wildman–Crippen LogP) is 2.39. The lowest BCUT2D eigenvalue weighted by atomic mass is 9.92. The Kier molecular flexibility index (Phi) is 5.86. The molecule has 3 heteroatoms. The molecule has 3 nitrogen and oxygen atoms in total. The molecule has 104 valence electrons. The first kappa shape index (κ1) is 15.2. The molecule has 0 aromatic carbocycles. The third-order valence-corrected chi connectivity index (χ3v) is 3.52. The Labute approximate surface area is 112 Å². The first-order valence-corrected chi connectivity index (χ1v) is 7.06. The minimum absolute atomic E-state index is 0.275. The van der Waals surface area contributed by atoms with Crippen LogP contribution in [0.25, 0.3) is 0 Å². The van der Waals surface area contributed by atoms with E-state index in [0.717, 1.165) is 31.8 Å². The van der Waals surface area contributed by atoms with E-state index in [1.165, 1.54) is 6.42 Å². The number of hydrogen-bond donors (Lipinski definition) is 0. The van der Waals surface area contributed by atoms with Crippen LogP contribution in [0.3, 0.4) is 0 Å². The first-order chi connectivity index (χ1) is 8.42. The Morgan fingerprint density at radius 1 is 1.28 bits per heavy atom. The van der Waals surface area contributed by atoms with Gasteiger partial charge in [0.15, 0.2) is 0 Å². The molecule has 0 radical (unpaired) electrons. The van der Waals surface area contributed by atoms with Crippen LogP contribution in [0.1, 0.15) is 34.1 Å². The monoisotopic (exact) mass is 252 g/mol. The molecule has 1 aliphatic rings. The van der Waals surface area contributed by atoms with Gasteiger partial charge in [0.1, 0.15) is 0 Å². The van der Waals surface area contributed by atoms with Crippen LogP contribution in [0, 0.1) is 11.8 Å². The molecule has 0 aromatic heterocycles. The average molecular weight is 252 g/mol. The zero-order valence-electron chi connectivity index (χ0n) is 12.4. The van der Waals surface area contributed by atoms with E-state index < -0.39 is 0 Å². The van der Waals surface area contributed by atoms with Crippen LogP contribution in [0.5, 0.6) is 0 Å². The molecule has 0 bridgehead atoms. The van der Waals surface area contributed by atoms with Gasteiger partial charge in [-0.15, -0.1) is 0 Å². The molecule has 0 aromatic rings. The second kappa shape index (κ2) is 6.93. The molecule has 1 saturated heterocycles. The number of rotatable bonds is 5. The fraction of sp³-hybridized carbons (Fsp3) is 0.800. The molecule has 1 fully saturated rings. The summed E-state index contributed by atoms with van der Waals surface area (Å²) in [6.07, 6.45) is 1.24. The second-order valence-corrected chi connectivity index (χ2v) is 6.01. The average Bonchev–Trinajstić information content (AvgIpc) is 2.26. The van der Waals surface area contributed by atoms with Gasteiger partial charge in [0.2, 0.25) is 5.91 Å². The zero-order chi connectivity index (χ0) is 13.7. The van der Waals surface area contributed by atoms with Crippen molar-refractivity contribution in [1.82, 2.24) is 9.80 Å². The number of likely N-dealkylation sites (N-methyl/N-ethyl adjacent to an activating group) is 1. The Bertz CT molecular complexity index is 291. The van der Waals surface area contributed by atoms with Gasteiger partial charge in [-0.05, 0) is 31.7 Å². The molecule has 1 heterocycles. The van der Waals surface area contributed by atoms with E-state index in [4.69, 9.17) is 0 Å². The highest BCUT2D eigenvalue weighted by Crippen LogP contribution is 2.21. The van der Waals surface area contributed by atoms with Crippen LogP contribution in [0.2, 0.25) is 0 Å². The third kappa shape index (κ3) is 4.81.